The fraction of sp³-hybridized carbons (Fsp3) is 0.533. The van der Waals surface area contributed by atoms with Gasteiger partial charge in [0, 0.05) is 25.8 Å². The quantitative estimate of drug-likeness (QED) is 0.708. The third-order valence-corrected chi connectivity index (χ3v) is 2.78. The predicted molar refractivity (Wildman–Crippen MR) is 78.7 cm³/mol. The van der Waals surface area contributed by atoms with E-state index in [1.165, 1.54) is 12.1 Å². The van der Waals surface area contributed by atoms with Crippen LogP contribution in [0.1, 0.15) is 19.4 Å². The van der Waals surface area contributed by atoms with E-state index in [0.717, 1.165) is 5.56 Å². The van der Waals surface area contributed by atoms with E-state index in [0.29, 0.717) is 25.3 Å². The van der Waals surface area contributed by atoms with E-state index in [9.17, 15) is 9.18 Å². The number of nitrogens with one attached hydrogen (secondary N) is 1. The maximum Gasteiger partial charge on any atom is 0.260 e. The largest absolute Gasteiger partial charge is 0.481 e. The highest BCUT2D eigenvalue weighted by Gasteiger charge is 2.15. The zero-order valence-corrected chi connectivity index (χ0v) is 12.7. The Hall–Kier alpha value is -1.66. The van der Waals surface area contributed by atoms with Crippen molar-refractivity contribution >= 4 is 5.91 Å². The van der Waals surface area contributed by atoms with Crippen LogP contribution >= 0.6 is 0 Å². The molecule has 0 saturated heterocycles. The molecule has 118 valence electrons. The van der Waals surface area contributed by atoms with Crippen LogP contribution in [0.25, 0.3) is 0 Å². The number of ether oxygens (including phenoxy) is 2. The van der Waals surface area contributed by atoms with Crippen molar-refractivity contribution in [1.82, 2.24) is 5.32 Å². The van der Waals surface area contributed by atoms with Gasteiger partial charge in [-0.15, -0.1) is 0 Å². The number of rotatable bonds is 8. The second-order valence-corrected chi connectivity index (χ2v) is 5.02. The summed E-state index contributed by atoms with van der Waals surface area (Å²) in [5, 5.41) is 2.66. The van der Waals surface area contributed by atoms with E-state index >= 15 is 0 Å². The summed E-state index contributed by atoms with van der Waals surface area (Å²) in [5.74, 6) is -0.361. The lowest BCUT2D eigenvalue weighted by atomic mass is 10.1. The first kappa shape index (κ1) is 17.4. The normalized spacial score (nSPS) is 13.6. The molecule has 21 heavy (non-hydrogen) atoms. The predicted octanol–water partition coefficient (Wildman–Crippen LogP) is 1.25. The average Bonchev–Trinajstić information content (AvgIpc) is 2.37. The SMILES string of the molecule is COCCNC(=O)C(C)Oc1cc(F)cc(CC(C)N)c1. The third kappa shape index (κ3) is 6.55. The Kier molecular flexibility index (Phi) is 7.11. The fourth-order valence-corrected chi connectivity index (χ4v) is 1.86. The Labute approximate surface area is 124 Å². The number of carbonyl (C=O) groups is 1. The van der Waals surface area contributed by atoms with Gasteiger partial charge in [-0.25, -0.2) is 4.39 Å². The number of hydrogen-bond acceptors (Lipinski definition) is 4. The molecule has 0 aliphatic carbocycles. The summed E-state index contributed by atoms with van der Waals surface area (Å²) in [5.41, 5.74) is 6.45. The summed E-state index contributed by atoms with van der Waals surface area (Å²) in [6, 6.07) is 4.29. The van der Waals surface area contributed by atoms with E-state index in [4.69, 9.17) is 15.2 Å². The van der Waals surface area contributed by atoms with Crippen molar-refractivity contribution in [1.29, 1.82) is 0 Å². The first-order valence-corrected chi connectivity index (χ1v) is 6.90. The van der Waals surface area contributed by atoms with Crippen LogP contribution in [0.3, 0.4) is 0 Å². The topological polar surface area (TPSA) is 73.6 Å². The van der Waals surface area contributed by atoms with Crippen molar-refractivity contribution in [2.24, 2.45) is 5.73 Å². The molecular formula is C15H23FN2O3. The molecule has 0 spiro atoms. The molecule has 2 unspecified atom stereocenters. The standard InChI is InChI=1S/C15H23FN2O3/c1-10(17)6-12-7-13(16)9-14(8-12)21-11(2)15(19)18-4-5-20-3/h7-11H,4-6,17H2,1-3H3,(H,18,19). The van der Waals surface area contributed by atoms with Gasteiger partial charge in [-0.3, -0.25) is 4.79 Å². The maximum absolute atomic E-state index is 13.5. The summed E-state index contributed by atoms with van der Waals surface area (Å²) in [6.07, 6.45) is -0.172. The van der Waals surface area contributed by atoms with Crippen LogP contribution < -0.4 is 15.8 Å². The van der Waals surface area contributed by atoms with Gasteiger partial charge in [-0.1, -0.05) is 0 Å². The van der Waals surface area contributed by atoms with Gasteiger partial charge in [0.15, 0.2) is 6.10 Å². The number of methoxy groups -OCH3 is 1. The van der Waals surface area contributed by atoms with E-state index in [-0.39, 0.29) is 11.9 Å². The molecular weight excluding hydrogens is 275 g/mol. The van der Waals surface area contributed by atoms with E-state index in [1.807, 2.05) is 6.92 Å². The highest BCUT2D eigenvalue weighted by molar-refractivity contribution is 5.80. The summed E-state index contributed by atoms with van der Waals surface area (Å²) in [7, 11) is 1.55. The lowest BCUT2D eigenvalue weighted by Gasteiger charge is -2.16. The molecule has 0 saturated carbocycles. The molecule has 1 amide bonds. The number of benzene rings is 1. The first-order valence-electron chi connectivity index (χ1n) is 6.90. The zero-order valence-electron chi connectivity index (χ0n) is 12.7. The Balaban J connectivity index is 2.64. The lowest BCUT2D eigenvalue weighted by molar-refractivity contribution is -0.127. The van der Waals surface area contributed by atoms with E-state index < -0.39 is 11.9 Å². The van der Waals surface area contributed by atoms with Gasteiger partial charge < -0.3 is 20.5 Å². The second kappa shape index (κ2) is 8.59. The molecule has 1 rings (SSSR count). The maximum atomic E-state index is 13.5. The van der Waals surface area contributed by atoms with Crippen molar-refractivity contribution in [2.45, 2.75) is 32.4 Å². The van der Waals surface area contributed by atoms with Gasteiger partial charge in [-0.05, 0) is 38.0 Å². The summed E-state index contributed by atoms with van der Waals surface area (Å²) < 4.78 is 23.9. The van der Waals surface area contributed by atoms with Gasteiger partial charge in [0.2, 0.25) is 0 Å². The second-order valence-electron chi connectivity index (χ2n) is 5.02. The summed E-state index contributed by atoms with van der Waals surface area (Å²) >= 11 is 0. The Bertz CT molecular complexity index is 466. The molecule has 0 bridgehead atoms. The van der Waals surface area contributed by atoms with Crippen LogP contribution in [0.4, 0.5) is 4.39 Å². The minimum atomic E-state index is -0.716. The van der Waals surface area contributed by atoms with Gasteiger partial charge in [0.1, 0.15) is 11.6 Å². The number of amides is 1. The number of halogens is 1. The van der Waals surface area contributed by atoms with Crippen LogP contribution in [0.2, 0.25) is 0 Å². The first-order chi connectivity index (χ1) is 9.92. The summed E-state index contributed by atoms with van der Waals surface area (Å²) in [6.45, 7) is 4.29. The Morgan fingerprint density at radius 3 is 2.71 bits per heavy atom. The fourth-order valence-electron chi connectivity index (χ4n) is 1.86. The molecule has 6 heteroatoms. The lowest BCUT2D eigenvalue weighted by Crippen LogP contribution is -2.37. The monoisotopic (exact) mass is 298 g/mol. The minimum Gasteiger partial charge on any atom is -0.481 e. The molecule has 0 aromatic heterocycles. The van der Waals surface area contributed by atoms with Crippen LogP contribution in [0, 0.1) is 5.82 Å². The van der Waals surface area contributed by atoms with Crippen molar-refractivity contribution in [3.8, 4) is 5.75 Å². The molecule has 3 N–H and O–H groups in total. The Morgan fingerprint density at radius 1 is 1.38 bits per heavy atom. The van der Waals surface area contributed by atoms with Crippen LogP contribution in [0.5, 0.6) is 5.75 Å². The zero-order chi connectivity index (χ0) is 15.8. The van der Waals surface area contributed by atoms with E-state index in [2.05, 4.69) is 5.32 Å². The van der Waals surface area contributed by atoms with Crippen LogP contribution in [0.15, 0.2) is 18.2 Å². The highest BCUT2D eigenvalue weighted by atomic mass is 19.1. The third-order valence-electron chi connectivity index (χ3n) is 2.78. The average molecular weight is 298 g/mol. The van der Waals surface area contributed by atoms with Crippen LogP contribution in [-0.4, -0.2) is 38.3 Å². The molecule has 1 aromatic carbocycles. The molecule has 0 aliphatic heterocycles. The Morgan fingerprint density at radius 2 is 2.10 bits per heavy atom. The molecule has 2 atom stereocenters. The van der Waals surface area contributed by atoms with Crippen molar-refractivity contribution in [2.75, 3.05) is 20.3 Å². The van der Waals surface area contributed by atoms with Crippen molar-refractivity contribution in [3.63, 3.8) is 0 Å². The number of carbonyl (C=O) groups excluding carboxylic acids is 1. The van der Waals surface area contributed by atoms with Gasteiger partial charge >= 0.3 is 0 Å². The van der Waals surface area contributed by atoms with E-state index in [1.54, 1.807) is 20.1 Å². The van der Waals surface area contributed by atoms with Crippen molar-refractivity contribution in [3.05, 3.63) is 29.6 Å². The van der Waals surface area contributed by atoms with Gasteiger partial charge in [0.05, 0.1) is 6.61 Å². The van der Waals surface area contributed by atoms with Gasteiger partial charge in [-0.2, -0.15) is 0 Å². The molecule has 0 aliphatic rings. The molecule has 0 heterocycles. The molecule has 0 fully saturated rings. The van der Waals surface area contributed by atoms with Crippen molar-refractivity contribution < 1.29 is 18.7 Å². The number of nitrogens with two attached hydrogens (primary N) is 1. The molecule has 5 nitrogen and oxygen atoms in total. The van der Waals surface area contributed by atoms with Gasteiger partial charge in [0.25, 0.3) is 5.91 Å². The van der Waals surface area contributed by atoms with Crippen LogP contribution in [-0.2, 0) is 16.0 Å². The number of hydrogen-bond donors (Lipinski definition) is 2. The smallest absolute Gasteiger partial charge is 0.260 e. The summed E-state index contributed by atoms with van der Waals surface area (Å²) in [4.78, 5) is 11.8. The molecule has 1 aromatic rings. The highest BCUT2D eigenvalue weighted by Crippen LogP contribution is 2.18. The molecule has 0 radical (unpaired) electrons. The minimum absolute atomic E-state index is 0.0746.